The third-order valence-corrected chi connectivity index (χ3v) is 4.00. The van der Waals surface area contributed by atoms with Crippen LogP contribution in [-0.4, -0.2) is 42.1 Å². The molecule has 0 radical (unpaired) electrons. The Hall–Kier alpha value is -2.04. The maximum absolute atomic E-state index is 12.4. The Bertz CT molecular complexity index is 551. The number of hydrogen-bond acceptors (Lipinski definition) is 3. The number of rotatable bonds is 4. The lowest BCUT2D eigenvalue weighted by molar-refractivity contribution is -0.126. The van der Waals surface area contributed by atoms with Crippen LogP contribution >= 0.6 is 0 Å². The molecule has 0 unspecified atom stereocenters. The van der Waals surface area contributed by atoms with Crippen molar-refractivity contribution in [2.75, 3.05) is 19.6 Å². The summed E-state index contributed by atoms with van der Waals surface area (Å²) in [6.07, 6.45) is 2.13. The molecule has 1 saturated heterocycles. The minimum absolute atomic E-state index is 0.0270. The second-order valence-corrected chi connectivity index (χ2v) is 7.29. The van der Waals surface area contributed by atoms with Gasteiger partial charge in [0.2, 0.25) is 5.91 Å². The summed E-state index contributed by atoms with van der Waals surface area (Å²) in [6.45, 7) is 7.26. The summed E-state index contributed by atoms with van der Waals surface area (Å²) in [5.41, 5.74) is 0.693. The lowest BCUT2D eigenvalue weighted by Gasteiger charge is -2.33. The quantitative estimate of drug-likeness (QED) is 0.922. The van der Waals surface area contributed by atoms with E-state index in [0.29, 0.717) is 19.6 Å². The topological polar surface area (TPSA) is 58.6 Å². The van der Waals surface area contributed by atoms with Gasteiger partial charge in [0.1, 0.15) is 5.60 Å². The highest BCUT2D eigenvalue weighted by molar-refractivity contribution is 5.80. The summed E-state index contributed by atoms with van der Waals surface area (Å²) in [5, 5.41) is 2.99. The Morgan fingerprint density at radius 2 is 1.96 bits per heavy atom. The fourth-order valence-electron chi connectivity index (χ4n) is 2.80. The molecule has 0 aliphatic carbocycles. The summed E-state index contributed by atoms with van der Waals surface area (Å²) >= 11 is 0. The second kappa shape index (κ2) is 8.18. The first-order valence-electron chi connectivity index (χ1n) is 8.65. The van der Waals surface area contributed by atoms with E-state index in [9.17, 15) is 9.59 Å². The van der Waals surface area contributed by atoms with Crippen molar-refractivity contribution in [3.8, 4) is 0 Å². The van der Waals surface area contributed by atoms with Crippen LogP contribution in [0.25, 0.3) is 0 Å². The van der Waals surface area contributed by atoms with E-state index in [-0.39, 0.29) is 17.9 Å². The molecule has 2 amide bonds. The fourth-order valence-corrected chi connectivity index (χ4v) is 2.80. The third-order valence-electron chi connectivity index (χ3n) is 4.00. The number of carbonyl (C=O) groups is 2. The zero-order chi connectivity index (χ0) is 17.6. The van der Waals surface area contributed by atoms with Crippen LogP contribution in [0.2, 0.25) is 0 Å². The number of ether oxygens (including phenoxy) is 1. The van der Waals surface area contributed by atoms with Gasteiger partial charge in [-0.2, -0.15) is 0 Å². The lowest BCUT2D eigenvalue weighted by atomic mass is 9.97. The Morgan fingerprint density at radius 1 is 1.25 bits per heavy atom. The first kappa shape index (κ1) is 18.3. The van der Waals surface area contributed by atoms with E-state index >= 15 is 0 Å². The Balaban J connectivity index is 1.78. The fraction of sp³-hybridized carbons (Fsp3) is 0.579. The van der Waals surface area contributed by atoms with Crippen molar-refractivity contribution in [3.05, 3.63) is 35.9 Å². The zero-order valence-corrected chi connectivity index (χ0v) is 14.9. The normalized spacial score (nSPS) is 18.1. The van der Waals surface area contributed by atoms with Crippen molar-refractivity contribution in [2.24, 2.45) is 5.92 Å². The van der Waals surface area contributed by atoms with Gasteiger partial charge in [-0.25, -0.2) is 4.79 Å². The van der Waals surface area contributed by atoms with Crippen LogP contribution in [0, 0.1) is 5.92 Å². The number of nitrogens with zero attached hydrogens (tertiary/aromatic N) is 1. The monoisotopic (exact) mass is 332 g/mol. The first-order valence-corrected chi connectivity index (χ1v) is 8.65. The maximum atomic E-state index is 12.4. The van der Waals surface area contributed by atoms with Crippen molar-refractivity contribution in [2.45, 2.75) is 45.6 Å². The van der Waals surface area contributed by atoms with Crippen LogP contribution in [0.3, 0.4) is 0 Å². The summed E-state index contributed by atoms with van der Waals surface area (Å²) in [7, 11) is 0. The SMILES string of the molecule is CC(C)(C)OC(=O)N1CCC[C@@H](C(=O)NCCc2ccccc2)C1. The van der Waals surface area contributed by atoms with Crippen LogP contribution in [0.4, 0.5) is 4.79 Å². The third kappa shape index (κ3) is 5.87. The molecule has 1 atom stereocenters. The largest absolute Gasteiger partial charge is 0.444 e. The van der Waals surface area contributed by atoms with Crippen LogP contribution in [-0.2, 0) is 16.0 Å². The molecule has 1 aromatic carbocycles. The van der Waals surface area contributed by atoms with E-state index in [2.05, 4.69) is 17.4 Å². The second-order valence-electron chi connectivity index (χ2n) is 7.29. The average molecular weight is 332 g/mol. The molecule has 0 bridgehead atoms. The van der Waals surface area contributed by atoms with Crippen LogP contribution in [0.15, 0.2) is 30.3 Å². The zero-order valence-electron chi connectivity index (χ0n) is 14.9. The smallest absolute Gasteiger partial charge is 0.410 e. The van der Waals surface area contributed by atoms with Crippen molar-refractivity contribution in [1.82, 2.24) is 10.2 Å². The van der Waals surface area contributed by atoms with Crippen LogP contribution in [0.5, 0.6) is 0 Å². The molecule has 24 heavy (non-hydrogen) atoms. The minimum Gasteiger partial charge on any atom is -0.444 e. The van der Waals surface area contributed by atoms with Gasteiger partial charge in [0, 0.05) is 19.6 Å². The number of nitrogens with one attached hydrogen (secondary N) is 1. The molecule has 0 saturated carbocycles. The number of piperidine rings is 1. The molecule has 1 heterocycles. The molecule has 1 aliphatic heterocycles. The van der Waals surface area contributed by atoms with Crippen LogP contribution in [0.1, 0.15) is 39.2 Å². The highest BCUT2D eigenvalue weighted by Crippen LogP contribution is 2.19. The number of amides is 2. The van der Waals surface area contributed by atoms with E-state index in [1.165, 1.54) is 5.56 Å². The standard InChI is InChI=1S/C19H28N2O3/c1-19(2,3)24-18(23)21-13-7-10-16(14-21)17(22)20-12-11-15-8-5-4-6-9-15/h4-6,8-9,16H,7,10-14H2,1-3H3,(H,20,22)/t16-/m1/s1. The maximum Gasteiger partial charge on any atom is 0.410 e. The number of carbonyl (C=O) groups excluding carboxylic acids is 2. The van der Waals surface area contributed by atoms with E-state index < -0.39 is 5.60 Å². The molecule has 1 aromatic rings. The van der Waals surface area contributed by atoms with Crippen LogP contribution < -0.4 is 5.32 Å². The molecule has 5 heteroatoms. The number of hydrogen-bond donors (Lipinski definition) is 1. The Labute approximate surface area is 144 Å². The van der Waals surface area contributed by atoms with E-state index in [4.69, 9.17) is 4.74 Å². The van der Waals surface area contributed by atoms with Gasteiger partial charge in [0.15, 0.2) is 0 Å². The molecular formula is C19H28N2O3. The number of likely N-dealkylation sites (tertiary alicyclic amines) is 1. The molecule has 1 N–H and O–H groups in total. The van der Waals surface area contributed by atoms with Crippen molar-refractivity contribution in [3.63, 3.8) is 0 Å². The summed E-state index contributed by atoms with van der Waals surface area (Å²) in [4.78, 5) is 26.2. The highest BCUT2D eigenvalue weighted by atomic mass is 16.6. The van der Waals surface area contributed by atoms with Gasteiger partial charge in [0.05, 0.1) is 5.92 Å². The van der Waals surface area contributed by atoms with Crippen molar-refractivity contribution >= 4 is 12.0 Å². The van der Waals surface area contributed by atoms with Gasteiger partial charge in [0.25, 0.3) is 0 Å². The molecular weight excluding hydrogens is 304 g/mol. The summed E-state index contributed by atoms with van der Waals surface area (Å²) in [5.74, 6) is -0.124. The lowest BCUT2D eigenvalue weighted by Crippen LogP contribution is -2.47. The van der Waals surface area contributed by atoms with Gasteiger partial charge >= 0.3 is 6.09 Å². The van der Waals surface area contributed by atoms with Gasteiger partial charge < -0.3 is 15.0 Å². The molecule has 0 aromatic heterocycles. The van der Waals surface area contributed by atoms with Gasteiger partial charge in [-0.15, -0.1) is 0 Å². The van der Waals surface area contributed by atoms with Gasteiger partial charge in [-0.3, -0.25) is 4.79 Å². The van der Waals surface area contributed by atoms with E-state index in [0.717, 1.165) is 19.3 Å². The van der Waals surface area contributed by atoms with E-state index in [1.54, 1.807) is 4.90 Å². The predicted octanol–water partition coefficient (Wildman–Crippen LogP) is 2.99. The highest BCUT2D eigenvalue weighted by Gasteiger charge is 2.30. The average Bonchev–Trinajstić information content (AvgIpc) is 2.54. The van der Waals surface area contributed by atoms with Crippen molar-refractivity contribution in [1.29, 1.82) is 0 Å². The molecule has 1 fully saturated rings. The van der Waals surface area contributed by atoms with Gasteiger partial charge in [-0.05, 0) is 45.6 Å². The predicted molar refractivity (Wildman–Crippen MR) is 93.7 cm³/mol. The molecule has 5 nitrogen and oxygen atoms in total. The minimum atomic E-state index is -0.512. The van der Waals surface area contributed by atoms with Gasteiger partial charge in [-0.1, -0.05) is 30.3 Å². The molecule has 1 aliphatic rings. The molecule has 2 rings (SSSR count). The first-order chi connectivity index (χ1) is 11.3. The summed E-state index contributed by atoms with van der Waals surface area (Å²) < 4.78 is 5.40. The number of benzene rings is 1. The molecule has 132 valence electrons. The van der Waals surface area contributed by atoms with Crippen molar-refractivity contribution < 1.29 is 14.3 Å². The summed E-state index contributed by atoms with van der Waals surface area (Å²) in [6, 6.07) is 10.1. The van der Waals surface area contributed by atoms with E-state index in [1.807, 2.05) is 39.0 Å². The molecule has 0 spiro atoms. The Morgan fingerprint density at radius 3 is 2.62 bits per heavy atom. The Kier molecular flexibility index (Phi) is 6.23.